The van der Waals surface area contributed by atoms with Crippen LogP contribution in [0.2, 0.25) is 0 Å². The summed E-state index contributed by atoms with van der Waals surface area (Å²) < 4.78 is 13.5. The molecule has 0 aliphatic heterocycles. The molecule has 0 spiro atoms. The molecule has 15 heavy (non-hydrogen) atoms. The monoisotopic (exact) mass is 207 g/mol. The summed E-state index contributed by atoms with van der Waals surface area (Å²) in [5.74, 6) is 4.89. The summed E-state index contributed by atoms with van der Waals surface area (Å²) in [5, 5.41) is 8.50. The molecule has 0 saturated carbocycles. The Balaban J connectivity index is 2.88. The van der Waals surface area contributed by atoms with Crippen LogP contribution in [0.3, 0.4) is 0 Å². The second kappa shape index (κ2) is 5.50. The highest BCUT2D eigenvalue weighted by atomic mass is 19.1. The lowest BCUT2D eigenvalue weighted by molar-refractivity contribution is 0.350. The first-order valence-corrected chi connectivity index (χ1v) is 4.66. The van der Waals surface area contributed by atoms with Crippen molar-refractivity contribution in [2.75, 3.05) is 20.7 Å². The highest BCUT2D eigenvalue weighted by Gasteiger charge is 2.03. The number of halogens is 1. The quantitative estimate of drug-likeness (QED) is 0.737. The molecule has 3 heteroatoms. The van der Waals surface area contributed by atoms with Crippen molar-refractivity contribution in [1.82, 2.24) is 4.90 Å². The highest BCUT2D eigenvalue weighted by Crippen LogP contribution is 2.11. The van der Waals surface area contributed by atoms with Crippen molar-refractivity contribution in [2.45, 2.75) is 6.54 Å². The van der Waals surface area contributed by atoms with Gasteiger partial charge in [-0.25, -0.2) is 4.39 Å². The zero-order valence-electron chi connectivity index (χ0n) is 8.92. The summed E-state index contributed by atoms with van der Waals surface area (Å²) in [6, 6.07) is 4.86. The van der Waals surface area contributed by atoms with Crippen molar-refractivity contribution in [3.05, 3.63) is 35.1 Å². The third kappa shape index (κ3) is 3.70. The lowest BCUT2D eigenvalue weighted by Gasteiger charge is -2.10. The van der Waals surface area contributed by atoms with E-state index >= 15 is 0 Å². The van der Waals surface area contributed by atoms with Crippen LogP contribution in [0.4, 0.5) is 4.39 Å². The summed E-state index contributed by atoms with van der Waals surface area (Å²) in [6.45, 7) is 0.362. The van der Waals surface area contributed by atoms with Gasteiger partial charge in [0.05, 0.1) is 0 Å². The van der Waals surface area contributed by atoms with Crippen molar-refractivity contribution in [2.24, 2.45) is 0 Å². The normalized spacial score (nSPS) is 9.93. The lowest BCUT2D eigenvalue weighted by atomic mass is 10.1. The third-order valence-corrected chi connectivity index (χ3v) is 1.85. The van der Waals surface area contributed by atoms with Crippen LogP contribution in [0.15, 0.2) is 18.2 Å². The molecule has 0 heterocycles. The fraction of sp³-hybridized carbons (Fsp3) is 0.333. The Morgan fingerprint density at radius 3 is 2.67 bits per heavy atom. The predicted octanol–water partition coefficient (Wildman–Crippen LogP) is 1.23. The van der Waals surface area contributed by atoms with E-state index in [0.29, 0.717) is 17.7 Å². The van der Waals surface area contributed by atoms with Gasteiger partial charge in [0.15, 0.2) is 0 Å². The van der Waals surface area contributed by atoms with Crippen molar-refractivity contribution >= 4 is 0 Å². The maximum atomic E-state index is 13.5. The maximum absolute atomic E-state index is 13.5. The zero-order chi connectivity index (χ0) is 11.3. The topological polar surface area (TPSA) is 23.5 Å². The maximum Gasteiger partial charge on any atom is 0.128 e. The van der Waals surface area contributed by atoms with Gasteiger partial charge in [-0.15, -0.1) is 0 Å². The smallest absolute Gasteiger partial charge is 0.128 e. The fourth-order valence-corrected chi connectivity index (χ4v) is 1.24. The van der Waals surface area contributed by atoms with E-state index in [1.807, 2.05) is 19.0 Å². The zero-order valence-corrected chi connectivity index (χ0v) is 8.92. The van der Waals surface area contributed by atoms with Gasteiger partial charge in [0, 0.05) is 17.7 Å². The fourth-order valence-electron chi connectivity index (χ4n) is 1.24. The molecule has 0 aliphatic rings. The van der Waals surface area contributed by atoms with E-state index in [0.717, 1.165) is 0 Å². The van der Waals surface area contributed by atoms with Gasteiger partial charge in [-0.05, 0) is 26.2 Å². The van der Waals surface area contributed by atoms with Gasteiger partial charge >= 0.3 is 0 Å². The van der Waals surface area contributed by atoms with Crippen LogP contribution < -0.4 is 0 Å². The standard InChI is InChI=1S/C12H14FNO/c1-14(2)9-11-6-5-10(4-3-7-15)8-12(11)13/h5-6,8,15H,7,9H2,1-2H3. The number of nitrogens with zero attached hydrogens (tertiary/aromatic N) is 1. The molecule has 0 atom stereocenters. The van der Waals surface area contributed by atoms with Crippen LogP contribution in [0, 0.1) is 17.7 Å². The van der Waals surface area contributed by atoms with Crippen LogP contribution in [0.25, 0.3) is 0 Å². The number of hydrogen-bond acceptors (Lipinski definition) is 2. The van der Waals surface area contributed by atoms with Crippen LogP contribution in [-0.4, -0.2) is 30.7 Å². The molecule has 0 saturated heterocycles. The molecule has 0 aliphatic carbocycles. The molecule has 0 radical (unpaired) electrons. The summed E-state index contributed by atoms with van der Waals surface area (Å²) in [5.41, 5.74) is 1.23. The van der Waals surface area contributed by atoms with Crippen molar-refractivity contribution in [3.8, 4) is 11.8 Å². The molecule has 0 aromatic heterocycles. The Kier molecular flexibility index (Phi) is 4.29. The molecule has 1 aromatic rings. The Bertz CT molecular complexity index is 390. The summed E-state index contributed by atoms with van der Waals surface area (Å²) >= 11 is 0. The minimum absolute atomic E-state index is 0.207. The van der Waals surface area contributed by atoms with Crippen LogP contribution in [0.1, 0.15) is 11.1 Å². The second-order valence-electron chi connectivity index (χ2n) is 3.50. The number of benzene rings is 1. The highest BCUT2D eigenvalue weighted by molar-refractivity contribution is 5.37. The molecule has 1 rings (SSSR count). The van der Waals surface area contributed by atoms with E-state index in [4.69, 9.17) is 5.11 Å². The Morgan fingerprint density at radius 1 is 1.40 bits per heavy atom. The lowest BCUT2D eigenvalue weighted by Crippen LogP contribution is -2.11. The SMILES string of the molecule is CN(C)Cc1ccc(C#CCO)cc1F. The van der Waals surface area contributed by atoms with E-state index < -0.39 is 0 Å². The van der Waals surface area contributed by atoms with Crippen LogP contribution in [-0.2, 0) is 6.54 Å². The van der Waals surface area contributed by atoms with Crippen LogP contribution in [0.5, 0.6) is 0 Å². The van der Waals surface area contributed by atoms with Gasteiger partial charge in [0.2, 0.25) is 0 Å². The molecule has 1 N–H and O–H groups in total. The van der Waals surface area contributed by atoms with Crippen LogP contribution >= 0.6 is 0 Å². The number of hydrogen-bond donors (Lipinski definition) is 1. The largest absolute Gasteiger partial charge is 0.384 e. The predicted molar refractivity (Wildman–Crippen MR) is 57.8 cm³/mol. The van der Waals surface area contributed by atoms with Gasteiger partial charge in [-0.2, -0.15) is 0 Å². The van der Waals surface area contributed by atoms with Gasteiger partial charge < -0.3 is 10.0 Å². The van der Waals surface area contributed by atoms with Gasteiger partial charge in [-0.3, -0.25) is 0 Å². The number of rotatable bonds is 2. The minimum atomic E-state index is -0.256. The minimum Gasteiger partial charge on any atom is -0.384 e. The van der Waals surface area contributed by atoms with E-state index in [1.165, 1.54) is 6.07 Å². The molecule has 0 unspecified atom stereocenters. The first kappa shape index (κ1) is 11.7. The average molecular weight is 207 g/mol. The first-order valence-electron chi connectivity index (χ1n) is 4.66. The van der Waals surface area contributed by atoms with E-state index in [2.05, 4.69) is 11.8 Å². The Morgan fingerprint density at radius 2 is 2.13 bits per heavy atom. The molecule has 2 nitrogen and oxygen atoms in total. The second-order valence-corrected chi connectivity index (χ2v) is 3.50. The van der Waals surface area contributed by atoms with E-state index in [1.54, 1.807) is 12.1 Å². The summed E-state index contributed by atoms with van der Waals surface area (Å²) in [7, 11) is 3.78. The van der Waals surface area contributed by atoms with Gasteiger partial charge in [-0.1, -0.05) is 17.9 Å². The molecule has 0 fully saturated rings. The molecular formula is C12H14FNO. The molecular weight excluding hydrogens is 193 g/mol. The van der Waals surface area contributed by atoms with E-state index in [-0.39, 0.29) is 12.4 Å². The van der Waals surface area contributed by atoms with E-state index in [9.17, 15) is 4.39 Å². The number of aliphatic hydroxyl groups is 1. The third-order valence-electron chi connectivity index (χ3n) is 1.85. The van der Waals surface area contributed by atoms with Gasteiger partial charge in [0.25, 0.3) is 0 Å². The summed E-state index contributed by atoms with van der Waals surface area (Å²) in [4.78, 5) is 1.90. The number of aliphatic hydroxyl groups excluding tert-OH is 1. The van der Waals surface area contributed by atoms with Gasteiger partial charge in [0.1, 0.15) is 12.4 Å². The molecule has 0 amide bonds. The van der Waals surface area contributed by atoms with Crippen molar-refractivity contribution in [3.63, 3.8) is 0 Å². The molecule has 80 valence electrons. The first-order chi connectivity index (χ1) is 7.13. The molecule has 1 aromatic carbocycles. The summed E-state index contributed by atoms with van der Waals surface area (Å²) in [6.07, 6.45) is 0. The Hall–Kier alpha value is -1.37. The average Bonchev–Trinajstić information content (AvgIpc) is 2.18. The molecule has 0 bridgehead atoms. The Labute approximate surface area is 89.3 Å². The van der Waals surface area contributed by atoms with Crippen molar-refractivity contribution in [1.29, 1.82) is 0 Å². The van der Waals surface area contributed by atoms with Crippen molar-refractivity contribution < 1.29 is 9.50 Å².